The number of aromatic nitrogens is 3. The molecule has 0 aliphatic carbocycles. The number of nitrogens with zero attached hydrogens (tertiary/aromatic N) is 4. The van der Waals surface area contributed by atoms with Gasteiger partial charge in [-0.1, -0.05) is 6.07 Å². The van der Waals surface area contributed by atoms with Crippen LogP contribution < -0.4 is 10.1 Å². The van der Waals surface area contributed by atoms with E-state index in [1.807, 2.05) is 30.1 Å². The first-order chi connectivity index (χ1) is 12.6. The molecule has 3 heterocycles. The summed E-state index contributed by atoms with van der Waals surface area (Å²) in [4.78, 5) is 19.0. The van der Waals surface area contributed by atoms with Crippen LogP contribution >= 0.6 is 0 Å². The number of carbonyl (C=O) groups excluding carboxylic acids is 1. The molecule has 0 unspecified atom stereocenters. The molecule has 3 rings (SSSR count). The largest absolute Gasteiger partial charge is 0.481 e. The molecule has 0 radical (unpaired) electrons. The Morgan fingerprint density at radius 2 is 2.19 bits per heavy atom. The summed E-state index contributed by atoms with van der Waals surface area (Å²) in [6, 6.07) is 7.81. The van der Waals surface area contributed by atoms with Gasteiger partial charge in [-0.15, -0.1) is 0 Å². The Kier molecular flexibility index (Phi) is 5.88. The molecule has 0 saturated carbocycles. The number of pyridine rings is 1. The van der Waals surface area contributed by atoms with Gasteiger partial charge in [-0.25, -0.2) is 4.98 Å². The average Bonchev–Trinajstić information content (AvgIpc) is 3.05. The van der Waals surface area contributed by atoms with Gasteiger partial charge in [-0.3, -0.25) is 14.4 Å². The van der Waals surface area contributed by atoms with E-state index in [1.54, 1.807) is 13.2 Å². The molecule has 7 heteroatoms. The molecule has 1 amide bonds. The maximum atomic E-state index is 12.4. The Hall–Kier alpha value is -2.41. The van der Waals surface area contributed by atoms with E-state index in [0.29, 0.717) is 24.0 Å². The number of piperidine rings is 1. The molecule has 1 fully saturated rings. The summed E-state index contributed by atoms with van der Waals surface area (Å²) in [5, 5.41) is 7.40. The molecule has 2 aromatic heterocycles. The molecule has 140 valence electrons. The fraction of sp³-hybridized carbons (Fsp3) is 0.526. The van der Waals surface area contributed by atoms with E-state index in [-0.39, 0.29) is 18.4 Å². The molecule has 7 nitrogen and oxygen atoms in total. The zero-order valence-corrected chi connectivity index (χ0v) is 15.7. The third-order valence-electron chi connectivity index (χ3n) is 5.06. The van der Waals surface area contributed by atoms with Crippen molar-refractivity contribution in [3.63, 3.8) is 0 Å². The van der Waals surface area contributed by atoms with Crippen molar-refractivity contribution in [3.05, 3.63) is 41.9 Å². The van der Waals surface area contributed by atoms with Gasteiger partial charge in [0.15, 0.2) is 0 Å². The minimum Gasteiger partial charge on any atom is -0.481 e. The molecule has 1 aliphatic heterocycles. The zero-order chi connectivity index (χ0) is 18.5. The van der Waals surface area contributed by atoms with Crippen LogP contribution in [-0.2, 0) is 18.3 Å². The van der Waals surface area contributed by atoms with Gasteiger partial charge in [0, 0.05) is 25.9 Å². The van der Waals surface area contributed by atoms with E-state index in [2.05, 4.69) is 33.4 Å². The minimum absolute atomic E-state index is 0.0114. The predicted octanol–water partition coefficient (Wildman–Crippen LogP) is 1.57. The second-order valence-electron chi connectivity index (χ2n) is 6.86. The number of hydrogen-bond acceptors (Lipinski definition) is 5. The van der Waals surface area contributed by atoms with Crippen molar-refractivity contribution in [2.75, 3.05) is 27.2 Å². The van der Waals surface area contributed by atoms with Crippen LogP contribution in [0.25, 0.3) is 0 Å². The number of ether oxygens (including phenoxy) is 1. The van der Waals surface area contributed by atoms with Gasteiger partial charge in [0.25, 0.3) is 0 Å². The summed E-state index contributed by atoms with van der Waals surface area (Å²) in [5.74, 6) is 0.884. The van der Waals surface area contributed by atoms with Gasteiger partial charge in [0.2, 0.25) is 11.8 Å². The number of likely N-dealkylation sites (tertiary alicyclic amines) is 1. The van der Waals surface area contributed by atoms with E-state index in [9.17, 15) is 4.79 Å². The summed E-state index contributed by atoms with van der Waals surface area (Å²) in [7, 11) is 5.69. The second-order valence-corrected chi connectivity index (χ2v) is 6.86. The first-order valence-corrected chi connectivity index (χ1v) is 9.03. The number of hydrogen-bond donors (Lipinski definition) is 1. The third-order valence-corrected chi connectivity index (χ3v) is 5.06. The maximum absolute atomic E-state index is 12.4. The van der Waals surface area contributed by atoms with Crippen LogP contribution in [0.3, 0.4) is 0 Å². The fourth-order valence-electron chi connectivity index (χ4n) is 3.76. The normalized spacial score (nSPS) is 20.7. The van der Waals surface area contributed by atoms with Gasteiger partial charge in [0.1, 0.15) is 0 Å². The standard InChI is InChI=1S/C19H27N5O2/c1-23-11-5-6-14(19(23)16-9-10-21-24(16)2)13-20-17(25)12-15-7-4-8-18(22-15)26-3/h4,7-10,14,19H,5-6,11-13H2,1-3H3,(H,20,25)/t14-,19+/m0/s1. The quantitative estimate of drug-likeness (QED) is 0.850. The molecule has 0 bridgehead atoms. The maximum Gasteiger partial charge on any atom is 0.226 e. The topological polar surface area (TPSA) is 72.3 Å². The number of aryl methyl sites for hydroxylation is 1. The van der Waals surface area contributed by atoms with Crippen LogP contribution in [0.15, 0.2) is 30.5 Å². The number of rotatable bonds is 6. The van der Waals surface area contributed by atoms with Crippen molar-refractivity contribution in [2.24, 2.45) is 13.0 Å². The van der Waals surface area contributed by atoms with Crippen molar-refractivity contribution >= 4 is 5.91 Å². The Balaban J connectivity index is 1.61. The number of carbonyl (C=O) groups is 1. The highest BCUT2D eigenvalue weighted by molar-refractivity contribution is 5.78. The van der Waals surface area contributed by atoms with Crippen LogP contribution in [0.1, 0.15) is 30.3 Å². The zero-order valence-electron chi connectivity index (χ0n) is 15.7. The van der Waals surface area contributed by atoms with Gasteiger partial charge < -0.3 is 10.1 Å². The molecule has 1 aliphatic rings. The molecule has 1 N–H and O–H groups in total. The van der Waals surface area contributed by atoms with E-state index >= 15 is 0 Å². The number of nitrogens with one attached hydrogen (secondary N) is 1. The van der Waals surface area contributed by atoms with Crippen molar-refractivity contribution < 1.29 is 9.53 Å². The molecule has 0 spiro atoms. The molecular weight excluding hydrogens is 330 g/mol. The summed E-state index contributed by atoms with van der Waals surface area (Å²) in [6.45, 7) is 1.72. The van der Waals surface area contributed by atoms with Gasteiger partial charge in [-0.2, -0.15) is 5.10 Å². The summed E-state index contributed by atoms with van der Waals surface area (Å²) in [6.07, 6.45) is 4.33. The van der Waals surface area contributed by atoms with Gasteiger partial charge in [0.05, 0.1) is 31.0 Å². The Bertz CT molecular complexity index is 745. The molecular formula is C19H27N5O2. The van der Waals surface area contributed by atoms with Crippen molar-refractivity contribution in [1.29, 1.82) is 0 Å². The van der Waals surface area contributed by atoms with E-state index in [0.717, 1.165) is 19.4 Å². The SMILES string of the molecule is COc1cccc(CC(=O)NC[C@@H]2CCCN(C)[C@H]2c2ccnn2C)n1. The van der Waals surface area contributed by atoms with Crippen molar-refractivity contribution in [1.82, 2.24) is 25.0 Å². The summed E-state index contributed by atoms with van der Waals surface area (Å²) >= 11 is 0. The predicted molar refractivity (Wildman–Crippen MR) is 98.8 cm³/mol. The van der Waals surface area contributed by atoms with E-state index < -0.39 is 0 Å². The Labute approximate surface area is 154 Å². The Morgan fingerprint density at radius 3 is 2.92 bits per heavy atom. The van der Waals surface area contributed by atoms with Crippen LogP contribution in [0, 0.1) is 5.92 Å². The van der Waals surface area contributed by atoms with Crippen LogP contribution in [0.2, 0.25) is 0 Å². The van der Waals surface area contributed by atoms with Crippen molar-refractivity contribution in [2.45, 2.75) is 25.3 Å². The lowest BCUT2D eigenvalue weighted by molar-refractivity contribution is -0.120. The van der Waals surface area contributed by atoms with E-state index in [1.165, 1.54) is 5.69 Å². The van der Waals surface area contributed by atoms with Gasteiger partial charge >= 0.3 is 0 Å². The van der Waals surface area contributed by atoms with Crippen LogP contribution in [0.4, 0.5) is 0 Å². The Morgan fingerprint density at radius 1 is 1.35 bits per heavy atom. The lowest BCUT2D eigenvalue weighted by Gasteiger charge is -2.39. The number of amides is 1. The minimum atomic E-state index is -0.0114. The average molecular weight is 357 g/mol. The van der Waals surface area contributed by atoms with E-state index in [4.69, 9.17) is 4.74 Å². The highest BCUT2D eigenvalue weighted by atomic mass is 16.5. The first kappa shape index (κ1) is 18.4. The molecule has 2 atom stereocenters. The number of methoxy groups -OCH3 is 1. The fourth-order valence-corrected chi connectivity index (χ4v) is 3.76. The lowest BCUT2D eigenvalue weighted by Crippen LogP contribution is -2.42. The highest BCUT2D eigenvalue weighted by Gasteiger charge is 2.32. The molecule has 1 saturated heterocycles. The third kappa shape index (κ3) is 4.22. The summed E-state index contributed by atoms with van der Waals surface area (Å²) < 4.78 is 7.05. The van der Waals surface area contributed by atoms with Crippen LogP contribution in [0.5, 0.6) is 5.88 Å². The smallest absolute Gasteiger partial charge is 0.226 e. The molecule has 26 heavy (non-hydrogen) atoms. The molecule has 0 aromatic carbocycles. The van der Waals surface area contributed by atoms with Crippen LogP contribution in [-0.4, -0.2) is 52.8 Å². The highest BCUT2D eigenvalue weighted by Crippen LogP contribution is 2.34. The first-order valence-electron chi connectivity index (χ1n) is 9.03. The van der Waals surface area contributed by atoms with Gasteiger partial charge in [-0.05, 0) is 44.5 Å². The monoisotopic (exact) mass is 357 g/mol. The lowest BCUT2D eigenvalue weighted by atomic mass is 9.87. The summed E-state index contributed by atoms with van der Waals surface area (Å²) in [5.41, 5.74) is 1.91. The van der Waals surface area contributed by atoms with Crippen molar-refractivity contribution in [3.8, 4) is 5.88 Å². The molecule has 2 aromatic rings. The second kappa shape index (κ2) is 8.31.